The highest BCUT2D eigenvalue weighted by Crippen LogP contribution is 2.16. The zero-order chi connectivity index (χ0) is 40.0. The molecule has 1 aromatic heterocycles. The van der Waals surface area contributed by atoms with E-state index in [1.807, 2.05) is 143 Å². The summed E-state index contributed by atoms with van der Waals surface area (Å²) in [6.07, 6.45) is -1.31. The van der Waals surface area contributed by atoms with Gasteiger partial charge in [-0.15, -0.1) is 0 Å². The number of nitrogens with zero attached hydrogens (tertiary/aromatic N) is 1. The van der Waals surface area contributed by atoms with Crippen LogP contribution in [0.25, 0.3) is 10.9 Å². The molecule has 0 saturated carbocycles. The summed E-state index contributed by atoms with van der Waals surface area (Å²) in [5.74, 6) is -2.64. The van der Waals surface area contributed by atoms with Crippen LogP contribution in [0.2, 0.25) is 0 Å². The zero-order valence-corrected chi connectivity index (χ0v) is 32.3. The van der Waals surface area contributed by atoms with Crippen molar-refractivity contribution >= 4 is 34.5 Å². The molecule has 0 bridgehead atoms. The lowest BCUT2D eigenvalue weighted by Gasteiger charge is -2.33. The number of hydrogen-bond acceptors (Lipinski definition) is 7. The van der Waals surface area contributed by atoms with Crippen LogP contribution in [0.15, 0.2) is 127 Å². The van der Waals surface area contributed by atoms with Crippen molar-refractivity contribution in [2.24, 2.45) is 11.8 Å². The van der Waals surface area contributed by atoms with Gasteiger partial charge in [-0.2, -0.15) is 0 Å². The van der Waals surface area contributed by atoms with Gasteiger partial charge in [0.25, 0.3) is 5.91 Å². The lowest BCUT2D eigenvalue weighted by Crippen LogP contribution is -2.63. The Morgan fingerprint density at radius 3 is 1.68 bits per heavy atom. The summed E-state index contributed by atoms with van der Waals surface area (Å²) in [5, 5.41) is 27.9. The van der Waals surface area contributed by atoms with Crippen molar-refractivity contribution in [2.45, 2.75) is 77.5 Å². The van der Waals surface area contributed by atoms with Crippen LogP contribution in [-0.4, -0.2) is 64.0 Å². The van der Waals surface area contributed by atoms with Crippen LogP contribution < -0.4 is 26.6 Å². The molecule has 4 aromatic carbocycles. The molecule has 11 nitrogen and oxygen atoms in total. The number of aliphatic hydroxyl groups is 1. The van der Waals surface area contributed by atoms with Crippen molar-refractivity contribution < 1.29 is 24.3 Å². The molecule has 0 spiro atoms. The van der Waals surface area contributed by atoms with Crippen LogP contribution in [0.1, 0.15) is 54.9 Å². The van der Waals surface area contributed by atoms with Gasteiger partial charge in [0.15, 0.2) is 0 Å². The SMILES string of the molecule is CC(C)C(NC(=O)c1ccc2ccccc2n1)C(=O)NC(Cc1ccccc1)C(O)C(NCc1ccccc1)C(=O)N[C@@H](C(=O)NCc1ccccc1)C(C)C. The highest BCUT2D eigenvalue weighted by molar-refractivity contribution is 5.98. The van der Waals surface area contributed by atoms with E-state index in [1.165, 1.54) is 0 Å². The summed E-state index contributed by atoms with van der Waals surface area (Å²) >= 11 is 0. The molecule has 11 heteroatoms. The number of para-hydroxylation sites is 1. The molecule has 4 amide bonds. The number of carbonyl (C=O) groups is 4. The van der Waals surface area contributed by atoms with E-state index in [2.05, 4.69) is 31.6 Å². The van der Waals surface area contributed by atoms with Crippen molar-refractivity contribution in [1.29, 1.82) is 0 Å². The van der Waals surface area contributed by atoms with Crippen LogP contribution in [0, 0.1) is 11.8 Å². The van der Waals surface area contributed by atoms with E-state index >= 15 is 0 Å². The minimum absolute atomic E-state index is 0.164. The van der Waals surface area contributed by atoms with Crippen LogP contribution >= 0.6 is 0 Å². The monoisotopic (exact) mass is 756 g/mol. The molecule has 0 saturated heterocycles. The van der Waals surface area contributed by atoms with Gasteiger partial charge in [-0.05, 0) is 47.1 Å². The van der Waals surface area contributed by atoms with Gasteiger partial charge in [0.2, 0.25) is 17.7 Å². The lowest BCUT2D eigenvalue weighted by atomic mass is 9.93. The van der Waals surface area contributed by atoms with Crippen molar-refractivity contribution in [3.63, 3.8) is 0 Å². The molecule has 5 rings (SSSR count). The Morgan fingerprint density at radius 1 is 0.554 bits per heavy atom. The summed E-state index contributed by atoms with van der Waals surface area (Å²) in [6, 6.07) is 34.9. The van der Waals surface area contributed by atoms with Crippen molar-refractivity contribution in [3.8, 4) is 0 Å². The van der Waals surface area contributed by atoms with Gasteiger partial charge in [0, 0.05) is 18.5 Å². The van der Waals surface area contributed by atoms with Gasteiger partial charge in [0.1, 0.15) is 23.8 Å². The second kappa shape index (κ2) is 20.1. The van der Waals surface area contributed by atoms with E-state index in [9.17, 15) is 24.3 Å². The van der Waals surface area contributed by atoms with Crippen molar-refractivity contribution in [1.82, 2.24) is 31.6 Å². The first kappa shape index (κ1) is 41.3. The summed E-state index contributed by atoms with van der Waals surface area (Å²) in [5.41, 5.74) is 3.41. The Hall–Kier alpha value is -5.91. The van der Waals surface area contributed by atoms with Gasteiger partial charge in [0.05, 0.1) is 17.7 Å². The molecule has 0 aliphatic carbocycles. The van der Waals surface area contributed by atoms with E-state index in [-0.39, 0.29) is 42.9 Å². The largest absolute Gasteiger partial charge is 0.389 e. The average Bonchev–Trinajstić information content (AvgIpc) is 3.21. The number of fused-ring (bicyclic) bond motifs is 1. The molecule has 5 atom stereocenters. The Bertz CT molecular complexity index is 2040. The smallest absolute Gasteiger partial charge is 0.270 e. The van der Waals surface area contributed by atoms with E-state index in [0.717, 1.165) is 22.1 Å². The minimum Gasteiger partial charge on any atom is -0.389 e. The highest BCUT2D eigenvalue weighted by atomic mass is 16.3. The molecule has 292 valence electrons. The first-order valence-corrected chi connectivity index (χ1v) is 19.1. The van der Waals surface area contributed by atoms with Crippen LogP contribution in [0.4, 0.5) is 0 Å². The number of rotatable bonds is 18. The van der Waals surface area contributed by atoms with E-state index in [4.69, 9.17) is 0 Å². The normalized spacial score (nSPS) is 14.0. The number of aromatic nitrogens is 1. The molecule has 5 aromatic rings. The molecule has 1 heterocycles. The maximum Gasteiger partial charge on any atom is 0.270 e. The Labute approximate surface area is 328 Å². The minimum atomic E-state index is -1.48. The fourth-order valence-electron chi connectivity index (χ4n) is 6.44. The molecule has 4 unspecified atom stereocenters. The highest BCUT2D eigenvalue weighted by Gasteiger charge is 2.38. The number of aliphatic hydroxyl groups excluding tert-OH is 1. The number of hydrogen-bond donors (Lipinski definition) is 6. The number of nitrogens with one attached hydrogen (secondary N) is 5. The molecule has 0 fully saturated rings. The third-order valence-electron chi connectivity index (χ3n) is 9.65. The Balaban J connectivity index is 1.39. The maximum absolute atomic E-state index is 14.3. The number of amides is 4. The summed E-state index contributed by atoms with van der Waals surface area (Å²) in [7, 11) is 0. The Kier molecular flexibility index (Phi) is 14.8. The molecule has 6 N–H and O–H groups in total. The summed E-state index contributed by atoms with van der Waals surface area (Å²) < 4.78 is 0. The quantitative estimate of drug-likeness (QED) is 0.0756. The molecular formula is C45H52N6O5. The first-order valence-electron chi connectivity index (χ1n) is 19.1. The van der Waals surface area contributed by atoms with E-state index in [1.54, 1.807) is 12.1 Å². The van der Waals surface area contributed by atoms with E-state index < -0.39 is 48.0 Å². The molecule has 0 aliphatic rings. The van der Waals surface area contributed by atoms with Gasteiger partial charge < -0.3 is 26.4 Å². The maximum atomic E-state index is 14.3. The molecule has 0 radical (unpaired) electrons. The number of benzene rings is 4. The van der Waals surface area contributed by atoms with Gasteiger partial charge in [-0.25, -0.2) is 4.98 Å². The van der Waals surface area contributed by atoms with Gasteiger partial charge in [-0.1, -0.05) is 143 Å². The lowest BCUT2D eigenvalue weighted by molar-refractivity contribution is -0.134. The molecule has 56 heavy (non-hydrogen) atoms. The van der Waals surface area contributed by atoms with Gasteiger partial charge >= 0.3 is 0 Å². The van der Waals surface area contributed by atoms with Crippen molar-refractivity contribution in [2.75, 3.05) is 0 Å². The zero-order valence-electron chi connectivity index (χ0n) is 32.3. The van der Waals surface area contributed by atoms with Crippen molar-refractivity contribution in [3.05, 3.63) is 150 Å². The average molecular weight is 757 g/mol. The van der Waals surface area contributed by atoms with Crippen LogP contribution in [-0.2, 0) is 33.9 Å². The third-order valence-corrected chi connectivity index (χ3v) is 9.65. The second-order valence-corrected chi connectivity index (χ2v) is 14.7. The van der Waals surface area contributed by atoms with Crippen LogP contribution in [0.3, 0.4) is 0 Å². The topological polar surface area (TPSA) is 162 Å². The predicted molar refractivity (Wildman–Crippen MR) is 218 cm³/mol. The predicted octanol–water partition coefficient (Wildman–Crippen LogP) is 4.69. The molecule has 0 aliphatic heterocycles. The van der Waals surface area contributed by atoms with E-state index in [0.29, 0.717) is 5.52 Å². The first-order chi connectivity index (χ1) is 27.0. The Morgan fingerprint density at radius 2 is 1.07 bits per heavy atom. The fraction of sp³-hybridized carbons (Fsp3) is 0.311. The van der Waals surface area contributed by atoms with Gasteiger partial charge in [-0.3, -0.25) is 24.5 Å². The number of carbonyl (C=O) groups excluding carboxylic acids is 4. The second-order valence-electron chi connectivity index (χ2n) is 14.7. The van der Waals surface area contributed by atoms with Crippen LogP contribution in [0.5, 0.6) is 0 Å². The third kappa shape index (κ3) is 11.5. The molecular weight excluding hydrogens is 705 g/mol. The standard InChI is InChI=1S/C45H52N6O5/c1-29(2)38(43(54)47-28-33-20-12-7-13-21-33)51-45(56)40(46-27-32-18-10-6-11-19-32)41(52)37(26-31-16-8-5-9-17-31)49-44(55)39(30(3)4)50-42(53)36-25-24-34-22-14-15-23-35(34)48-36/h5-25,29-30,37-41,46,52H,26-28H2,1-4H3,(H,47,54)(H,49,55)(H,50,53)(H,51,56)/t37?,38-,39?,40?,41?/m1/s1. The summed E-state index contributed by atoms with van der Waals surface area (Å²) in [6.45, 7) is 7.80. The summed E-state index contributed by atoms with van der Waals surface area (Å²) in [4.78, 5) is 59.9. The fourth-order valence-corrected chi connectivity index (χ4v) is 6.44. The number of pyridine rings is 1.